The van der Waals surface area contributed by atoms with Crippen molar-refractivity contribution in [3.8, 4) is 0 Å². The normalized spacial score (nSPS) is 23.1. The van der Waals surface area contributed by atoms with E-state index in [0.29, 0.717) is 22.7 Å². The Morgan fingerprint density at radius 3 is 2.94 bits per heavy atom. The molecule has 1 aromatic rings. The summed E-state index contributed by atoms with van der Waals surface area (Å²) in [6.45, 7) is 2.72. The van der Waals surface area contributed by atoms with Crippen LogP contribution >= 0.6 is 11.5 Å². The number of aromatic nitrogens is 1. The molecule has 94 valence electrons. The predicted octanol–water partition coefficient (Wildman–Crippen LogP) is 0.804. The number of anilines is 2. The number of hydrogen-bond donors (Lipinski definition) is 3. The Labute approximate surface area is 103 Å². The van der Waals surface area contributed by atoms with Crippen molar-refractivity contribution in [1.29, 1.82) is 0 Å². The number of nitrogens with zero attached hydrogens (tertiary/aromatic N) is 1. The van der Waals surface area contributed by atoms with Gasteiger partial charge in [-0.3, -0.25) is 4.79 Å². The molecule has 5 N–H and O–H groups in total. The molecule has 0 spiro atoms. The molecule has 7 heteroatoms. The van der Waals surface area contributed by atoms with Gasteiger partial charge in [0.1, 0.15) is 10.6 Å². The topological polar surface area (TPSA) is 103 Å². The lowest BCUT2D eigenvalue weighted by molar-refractivity contribution is 0.00305. The monoisotopic (exact) mass is 256 g/mol. The number of primary amides is 1. The summed E-state index contributed by atoms with van der Waals surface area (Å²) in [5.41, 5.74) is 11.1. The second-order valence-electron chi connectivity index (χ2n) is 4.03. The van der Waals surface area contributed by atoms with Crippen LogP contribution in [0.4, 0.5) is 10.8 Å². The summed E-state index contributed by atoms with van der Waals surface area (Å²) in [5, 5.41) is 3.89. The first-order chi connectivity index (χ1) is 8.11. The minimum absolute atomic E-state index is 0.200. The maximum atomic E-state index is 11.2. The highest BCUT2D eigenvalue weighted by atomic mass is 32.1. The van der Waals surface area contributed by atoms with Gasteiger partial charge in [0, 0.05) is 12.6 Å². The molecule has 0 saturated heterocycles. The Balaban J connectivity index is 1.94. The highest BCUT2D eigenvalue weighted by Crippen LogP contribution is 2.32. The Morgan fingerprint density at radius 1 is 1.65 bits per heavy atom. The molecule has 17 heavy (non-hydrogen) atoms. The summed E-state index contributed by atoms with van der Waals surface area (Å²) in [6, 6.07) is 0.310. The summed E-state index contributed by atoms with van der Waals surface area (Å²) in [4.78, 5) is 11.2. The SMILES string of the molecule is CCOC1CC(Nc2snc(N)c2C(N)=O)C1. The highest BCUT2D eigenvalue weighted by Gasteiger charge is 2.31. The van der Waals surface area contributed by atoms with E-state index < -0.39 is 5.91 Å². The number of nitrogens with two attached hydrogens (primary N) is 2. The van der Waals surface area contributed by atoms with Crippen molar-refractivity contribution < 1.29 is 9.53 Å². The molecule has 1 aliphatic carbocycles. The van der Waals surface area contributed by atoms with Crippen LogP contribution in [0.1, 0.15) is 30.1 Å². The van der Waals surface area contributed by atoms with Crippen LogP contribution in [0, 0.1) is 0 Å². The summed E-state index contributed by atoms with van der Waals surface area (Å²) in [6.07, 6.45) is 2.19. The van der Waals surface area contributed by atoms with E-state index in [2.05, 4.69) is 9.69 Å². The Bertz CT molecular complexity index is 414. The molecule has 2 rings (SSSR count). The van der Waals surface area contributed by atoms with Crippen LogP contribution in [0.25, 0.3) is 0 Å². The third-order valence-corrected chi connectivity index (χ3v) is 3.59. The Kier molecular flexibility index (Phi) is 3.49. The molecular formula is C10H16N4O2S. The molecule has 1 amide bonds. The third-order valence-electron chi connectivity index (χ3n) is 2.80. The molecular weight excluding hydrogens is 240 g/mol. The smallest absolute Gasteiger partial charge is 0.255 e. The highest BCUT2D eigenvalue weighted by molar-refractivity contribution is 7.11. The van der Waals surface area contributed by atoms with Gasteiger partial charge in [0.25, 0.3) is 5.91 Å². The van der Waals surface area contributed by atoms with Gasteiger partial charge in [-0.25, -0.2) is 0 Å². The fourth-order valence-corrected chi connectivity index (χ4v) is 2.68. The van der Waals surface area contributed by atoms with E-state index >= 15 is 0 Å². The standard InChI is InChI=1S/C10H16N4O2S/c1-2-16-6-3-5(4-6)13-10-7(9(12)15)8(11)14-17-10/h5-6,13H,2-4H2,1H3,(H2,11,14)(H2,12,15). The molecule has 1 aromatic heterocycles. The minimum Gasteiger partial charge on any atom is -0.382 e. The van der Waals surface area contributed by atoms with E-state index in [-0.39, 0.29) is 5.82 Å². The minimum atomic E-state index is -0.542. The van der Waals surface area contributed by atoms with Gasteiger partial charge in [0.15, 0.2) is 5.82 Å². The quantitative estimate of drug-likeness (QED) is 0.723. The van der Waals surface area contributed by atoms with Gasteiger partial charge in [-0.05, 0) is 31.3 Å². The summed E-state index contributed by atoms with van der Waals surface area (Å²) < 4.78 is 9.39. The van der Waals surface area contributed by atoms with Crippen LogP contribution in [0.5, 0.6) is 0 Å². The van der Waals surface area contributed by atoms with Gasteiger partial charge in [-0.1, -0.05) is 0 Å². The first-order valence-corrected chi connectivity index (χ1v) is 6.32. The number of nitrogen functional groups attached to an aromatic ring is 1. The van der Waals surface area contributed by atoms with Crippen LogP contribution < -0.4 is 16.8 Å². The van der Waals surface area contributed by atoms with Crippen LogP contribution in [0.15, 0.2) is 0 Å². The molecule has 0 bridgehead atoms. The van der Waals surface area contributed by atoms with Crippen molar-refractivity contribution in [3.63, 3.8) is 0 Å². The largest absolute Gasteiger partial charge is 0.382 e. The summed E-state index contributed by atoms with van der Waals surface area (Å²) in [5.74, 6) is -0.342. The zero-order valence-corrected chi connectivity index (χ0v) is 10.4. The van der Waals surface area contributed by atoms with Crippen molar-refractivity contribution >= 4 is 28.3 Å². The molecule has 1 saturated carbocycles. The van der Waals surface area contributed by atoms with E-state index in [1.54, 1.807) is 0 Å². The molecule has 0 aromatic carbocycles. The fourth-order valence-electron chi connectivity index (χ4n) is 1.88. The zero-order chi connectivity index (χ0) is 12.4. The van der Waals surface area contributed by atoms with E-state index in [1.165, 1.54) is 11.5 Å². The molecule has 1 fully saturated rings. The average molecular weight is 256 g/mol. The molecule has 0 radical (unpaired) electrons. The second-order valence-corrected chi connectivity index (χ2v) is 4.80. The summed E-state index contributed by atoms with van der Waals surface area (Å²) in [7, 11) is 0. The first-order valence-electron chi connectivity index (χ1n) is 5.54. The lowest BCUT2D eigenvalue weighted by Crippen LogP contribution is -2.41. The molecule has 0 atom stereocenters. The fraction of sp³-hybridized carbons (Fsp3) is 0.600. The maximum Gasteiger partial charge on any atom is 0.255 e. The van der Waals surface area contributed by atoms with Gasteiger partial charge in [-0.15, -0.1) is 0 Å². The molecule has 0 unspecified atom stereocenters. The molecule has 0 aliphatic heterocycles. The average Bonchev–Trinajstić information content (AvgIpc) is 2.56. The first kappa shape index (κ1) is 12.1. The van der Waals surface area contributed by atoms with Crippen LogP contribution in [-0.4, -0.2) is 29.0 Å². The van der Waals surface area contributed by atoms with E-state index in [0.717, 1.165) is 19.4 Å². The zero-order valence-electron chi connectivity index (χ0n) is 9.60. The number of ether oxygens (including phenoxy) is 1. The van der Waals surface area contributed by atoms with Crippen molar-refractivity contribution in [2.45, 2.75) is 31.9 Å². The lowest BCUT2D eigenvalue weighted by atomic mass is 9.89. The number of carbonyl (C=O) groups excluding carboxylic acids is 1. The number of amides is 1. The second kappa shape index (κ2) is 4.89. The number of nitrogens with one attached hydrogen (secondary N) is 1. The molecule has 1 heterocycles. The predicted molar refractivity (Wildman–Crippen MR) is 67.1 cm³/mol. The maximum absolute atomic E-state index is 11.2. The lowest BCUT2D eigenvalue weighted by Gasteiger charge is -2.35. The molecule has 1 aliphatic rings. The van der Waals surface area contributed by atoms with Crippen molar-refractivity contribution in [3.05, 3.63) is 5.56 Å². The van der Waals surface area contributed by atoms with Crippen molar-refractivity contribution in [1.82, 2.24) is 4.37 Å². The van der Waals surface area contributed by atoms with Crippen LogP contribution in [0.2, 0.25) is 0 Å². The van der Waals surface area contributed by atoms with Crippen molar-refractivity contribution in [2.75, 3.05) is 17.7 Å². The number of carbonyl (C=O) groups is 1. The van der Waals surface area contributed by atoms with E-state index in [1.807, 2.05) is 6.92 Å². The van der Waals surface area contributed by atoms with Crippen LogP contribution in [-0.2, 0) is 4.74 Å². The Hall–Kier alpha value is -1.34. The third kappa shape index (κ3) is 2.50. The molecule has 6 nitrogen and oxygen atoms in total. The van der Waals surface area contributed by atoms with Gasteiger partial charge in [0.05, 0.1) is 6.10 Å². The van der Waals surface area contributed by atoms with E-state index in [9.17, 15) is 4.79 Å². The number of hydrogen-bond acceptors (Lipinski definition) is 6. The van der Waals surface area contributed by atoms with Crippen LogP contribution in [0.3, 0.4) is 0 Å². The summed E-state index contributed by atoms with van der Waals surface area (Å²) >= 11 is 1.17. The van der Waals surface area contributed by atoms with Crippen molar-refractivity contribution in [2.24, 2.45) is 5.73 Å². The van der Waals surface area contributed by atoms with E-state index in [4.69, 9.17) is 16.2 Å². The van der Waals surface area contributed by atoms with Gasteiger partial charge >= 0.3 is 0 Å². The van der Waals surface area contributed by atoms with Gasteiger partial charge in [-0.2, -0.15) is 4.37 Å². The van der Waals surface area contributed by atoms with Gasteiger partial charge in [0.2, 0.25) is 0 Å². The number of rotatable bonds is 5. The Morgan fingerprint density at radius 2 is 2.35 bits per heavy atom. The van der Waals surface area contributed by atoms with Gasteiger partial charge < -0.3 is 21.5 Å².